The van der Waals surface area contributed by atoms with Crippen molar-refractivity contribution in [3.8, 4) is 0 Å². The number of aliphatic hydroxyl groups is 2. The molecule has 5 aliphatic rings. The molecule has 7 rings (SSSR count). The third kappa shape index (κ3) is 3.70. The Hall–Kier alpha value is -2.83. The molecule has 0 spiro atoms. The number of ketones is 2. The van der Waals surface area contributed by atoms with Crippen molar-refractivity contribution in [1.29, 1.82) is 0 Å². The van der Waals surface area contributed by atoms with E-state index in [1.54, 1.807) is 30.5 Å². The lowest BCUT2D eigenvalue weighted by atomic mass is 9.44. The number of nitrogens with two attached hydrogens (primary N) is 1. The average molecular weight is 630 g/mol. The van der Waals surface area contributed by atoms with Gasteiger partial charge in [0.1, 0.15) is 18.6 Å². The predicted molar refractivity (Wildman–Crippen MR) is 155 cm³/mol. The number of halogens is 3. The maximum absolute atomic E-state index is 17.5. The Bertz CT molecular complexity index is 1630. The molecule has 44 heavy (non-hydrogen) atoms. The molecule has 234 valence electrons. The first kappa shape index (κ1) is 29.9. The van der Waals surface area contributed by atoms with E-state index in [2.05, 4.69) is 0 Å². The second-order valence-corrected chi connectivity index (χ2v) is 14.3. The van der Waals surface area contributed by atoms with Gasteiger partial charge in [-0.1, -0.05) is 25.1 Å². The van der Waals surface area contributed by atoms with Gasteiger partial charge < -0.3 is 25.4 Å². The first-order valence-corrected chi connectivity index (χ1v) is 15.7. The second kappa shape index (κ2) is 9.83. The number of aliphatic hydroxyl groups excluding tert-OH is 2. The summed E-state index contributed by atoms with van der Waals surface area (Å²) < 4.78 is 61.8. The van der Waals surface area contributed by atoms with E-state index in [1.165, 1.54) is 19.1 Å². The number of hydrogen-bond donors (Lipinski definition) is 3. The van der Waals surface area contributed by atoms with Gasteiger partial charge in [0.05, 0.1) is 17.1 Å². The summed E-state index contributed by atoms with van der Waals surface area (Å²) in [4.78, 5) is 25.9. The minimum atomic E-state index is -2.35. The van der Waals surface area contributed by atoms with Crippen LogP contribution in [0.25, 0.3) is 0 Å². The lowest BCUT2D eigenvalue weighted by molar-refractivity contribution is -0.235. The highest BCUT2D eigenvalue weighted by molar-refractivity contribution is 7.10. The van der Waals surface area contributed by atoms with E-state index >= 15 is 13.2 Å². The molecule has 1 aromatic carbocycles. The highest BCUT2D eigenvalue weighted by Crippen LogP contribution is 2.72. The molecule has 4 aliphatic carbocycles. The van der Waals surface area contributed by atoms with Crippen LogP contribution >= 0.6 is 11.3 Å². The molecule has 2 heterocycles. The van der Waals surface area contributed by atoms with Crippen molar-refractivity contribution in [2.75, 3.05) is 12.3 Å². The fourth-order valence-electron chi connectivity index (χ4n) is 9.28. The van der Waals surface area contributed by atoms with Crippen molar-refractivity contribution in [2.45, 2.75) is 75.5 Å². The summed E-state index contributed by atoms with van der Waals surface area (Å²) in [6.45, 7) is 2.28. The molecule has 4 N–H and O–H groups in total. The first-order valence-electron chi connectivity index (χ1n) is 14.8. The van der Waals surface area contributed by atoms with Gasteiger partial charge in [-0.2, -0.15) is 0 Å². The third-order valence-electron chi connectivity index (χ3n) is 11.3. The zero-order valence-electron chi connectivity index (χ0n) is 24.3. The number of fused-ring (bicyclic) bond motifs is 7. The van der Waals surface area contributed by atoms with Gasteiger partial charge in [0.2, 0.25) is 0 Å². The van der Waals surface area contributed by atoms with E-state index in [9.17, 15) is 19.8 Å². The van der Waals surface area contributed by atoms with E-state index in [1.807, 2.05) is 6.07 Å². The van der Waals surface area contributed by atoms with Crippen LogP contribution in [0.3, 0.4) is 0 Å². The second-order valence-electron chi connectivity index (χ2n) is 13.3. The molecule has 0 radical (unpaired) electrons. The molecule has 0 amide bonds. The quantitative estimate of drug-likeness (QED) is 0.411. The number of anilines is 1. The lowest BCUT2D eigenvalue weighted by Gasteiger charge is -2.63. The van der Waals surface area contributed by atoms with Crippen LogP contribution in [0.15, 0.2) is 53.4 Å². The molecule has 11 heteroatoms. The molecule has 10 atom stereocenters. The number of thiophene rings is 1. The predicted octanol–water partition coefficient (Wildman–Crippen LogP) is 4.70. The Morgan fingerprint density at radius 1 is 1.23 bits per heavy atom. The van der Waals surface area contributed by atoms with Gasteiger partial charge in [-0.3, -0.25) is 9.59 Å². The van der Waals surface area contributed by atoms with Crippen LogP contribution < -0.4 is 5.73 Å². The van der Waals surface area contributed by atoms with Crippen molar-refractivity contribution in [1.82, 2.24) is 0 Å². The van der Waals surface area contributed by atoms with E-state index < -0.39 is 82.6 Å². The summed E-state index contributed by atoms with van der Waals surface area (Å²) in [5.41, 5.74) is 0.601. The number of benzene rings is 1. The van der Waals surface area contributed by atoms with Gasteiger partial charge in [0.25, 0.3) is 0 Å². The van der Waals surface area contributed by atoms with Crippen LogP contribution in [-0.4, -0.2) is 58.0 Å². The smallest absolute Gasteiger partial charge is 0.197 e. The Morgan fingerprint density at radius 2 is 2.00 bits per heavy atom. The summed E-state index contributed by atoms with van der Waals surface area (Å²) in [6.07, 6.45) is -2.11. The third-order valence-corrected chi connectivity index (χ3v) is 12.3. The van der Waals surface area contributed by atoms with Gasteiger partial charge in [0, 0.05) is 34.4 Å². The number of ether oxygens (including phenoxy) is 2. The van der Waals surface area contributed by atoms with Crippen molar-refractivity contribution < 1.29 is 42.4 Å². The maximum atomic E-state index is 17.5. The van der Waals surface area contributed by atoms with Crippen molar-refractivity contribution >= 4 is 28.6 Å². The SMILES string of the molecule is C[C@]12C=CC(=O)C=C1[C@@H](F)C[C@H]1[C@@H]3C[C@H]4O[C@@H](c5scc(Cc6cccc(N)c6)c5F)O[C@@]4(C(=O)CO)[C@@]3(C)C[C@H](O)[C@@]12F. The Labute approximate surface area is 256 Å². The minimum Gasteiger partial charge on any atom is -0.399 e. The molecule has 2 aromatic rings. The fraction of sp³-hybridized carbons (Fsp3) is 0.515. The van der Waals surface area contributed by atoms with Crippen molar-refractivity contribution in [2.24, 2.45) is 22.7 Å². The van der Waals surface area contributed by atoms with Crippen LogP contribution in [-0.2, 0) is 25.5 Å². The summed E-state index contributed by atoms with van der Waals surface area (Å²) in [5.74, 6) is -3.44. The zero-order chi connectivity index (χ0) is 31.4. The standard InChI is InChI=1S/C33H34F3NO6S/c1-30-7-6-19(39)10-22(30)23(34)11-21-20-12-26-33(25(41)14-38,31(20,2)13-24(40)32(21,30)36)43-29(42-26)28-27(35)17(15-44-28)8-16-4-3-5-18(37)9-16/h3-7,9-10,15,20-21,23-24,26,29,38,40H,8,11-14,37H2,1-2H3/t20-,21-,23-,24-,26+,29+,30-,31-,32-,33+/m0/s1. The lowest BCUT2D eigenvalue weighted by Crippen LogP contribution is -2.70. The molecule has 0 bridgehead atoms. The molecule has 4 fully saturated rings. The van der Waals surface area contributed by atoms with Crippen LogP contribution in [0.5, 0.6) is 0 Å². The van der Waals surface area contributed by atoms with Crippen LogP contribution in [0, 0.1) is 28.5 Å². The van der Waals surface area contributed by atoms with E-state index in [0.717, 1.165) is 23.0 Å². The summed E-state index contributed by atoms with van der Waals surface area (Å²) >= 11 is 1.08. The molecule has 1 saturated heterocycles. The number of alkyl halides is 2. The molecule has 0 unspecified atom stereocenters. The van der Waals surface area contributed by atoms with Gasteiger partial charge in [-0.25, -0.2) is 13.2 Å². The number of rotatable bonds is 5. The number of allylic oxidation sites excluding steroid dienone is 4. The minimum absolute atomic E-state index is 0.000435. The average Bonchev–Trinajstić information content (AvgIpc) is 3.61. The molecular weight excluding hydrogens is 595 g/mol. The van der Waals surface area contributed by atoms with Crippen LogP contribution in [0.2, 0.25) is 0 Å². The normalized spacial score (nSPS) is 42.3. The topological polar surface area (TPSA) is 119 Å². The molecule has 1 aliphatic heterocycles. The number of nitrogen functional groups attached to an aromatic ring is 1. The van der Waals surface area contributed by atoms with Gasteiger partial charge in [-0.15, -0.1) is 11.3 Å². The van der Waals surface area contributed by atoms with Crippen LogP contribution in [0.4, 0.5) is 18.9 Å². The van der Waals surface area contributed by atoms with E-state index in [4.69, 9.17) is 15.2 Å². The van der Waals surface area contributed by atoms with Crippen molar-refractivity contribution in [3.63, 3.8) is 0 Å². The summed E-state index contributed by atoms with van der Waals surface area (Å²) in [5, 5.41) is 23.4. The van der Waals surface area contributed by atoms with E-state index in [0.29, 0.717) is 11.3 Å². The largest absolute Gasteiger partial charge is 0.399 e. The Kier molecular flexibility index (Phi) is 6.67. The maximum Gasteiger partial charge on any atom is 0.197 e. The van der Waals surface area contributed by atoms with Gasteiger partial charge in [0.15, 0.2) is 29.1 Å². The number of carbonyl (C=O) groups is 2. The monoisotopic (exact) mass is 629 g/mol. The highest BCUT2D eigenvalue weighted by Gasteiger charge is 2.80. The number of Topliss-reactive ketones (excluding diaryl/α,β-unsaturated/α-hetero) is 1. The summed E-state index contributed by atoms with van der Waals surface area (Å²) in [6, 6.07) is 7.11. The molecule has 7 nitrogen and oxygen atoms in total. The number of hydrogen-bond acceptors (Lipinski definition) is 8. The Balaban J connectivity index is 1.25. The van der Waals surface area contributed by atoms with E-state index in [-0.39, 0.29) is 36.1 Å². The molecule has 3 saturated carbocycles. The zero-order valence-corrected chi connectivity index (χ0v) is 25.1. The first-order chi connectivity index (χ1) is 20.8. The highest BCUT2D eigenvalue weighted by atomic mass is 32.1. The fourth-order valence-corrected chi connectivity index (χ4v) is 10.2. The van der Waals surface area contributed by atoms with Gasteiger partial charge >= 0.3 is 0 Å². The summed E-state index contributed by atoms with van der Waals surface area (Å²) in [7, 11) is 0. The van der Waals surface area contributed by atoms with Crippen molar-refractivity contribution in [3.05, 3.63) is 75.3 Å². The number of carbonyl (C=O) groups excluding carboxylic acids is 2. The Morgan fingerprint density at radius 3 is 2.73 bits per heavy atom. The molecule has 1 aromatic heterocycles. The molecular formula is C33H34F3NO6S. The van der Waals surface area contributed by atoms with Gasteiger partial charge in [-0.05, 0) is 72.9 Å². The van der Waals surface area contributed by atoms with Crippen LogP contribution in [0.1, 0.15) is 55.4 Å².